The van der Waals surface area contributed by atoms with Gasteiger partial charge in [-0.3, -0.25) is 18.8 Å². The van der Waals surface area contributed by atoms with Crippen molar-refractivity contribution < 1.29 is 0 Å². The number of fused-ring (bicyclic) bond motifs is 1. The molecule has 5 nitrogen and oxygen atoms in total. The minimum Gasteiger partial charge on any atom is -0.299 e. The second-order valence-corrected chi connectivity index (χ2v) is 5.26. The van der Waals surface area contributed by atoms with Gasteiger partial charge in [0.15, 0.2) is 0 Å². The van der Waals surface area contributed by atoms with Crippen LogP contribution in [0.5, 0.6) is 0 Å². The SMILES string of the molecule is Cn1c2c(c(=O)n(C)c1=O)CN(Cc1ccccc1)C2. The zero-order valence-corrected chi connectivity index (χ0v) is 11.7. The monoisotopic (exact) mass is 271 g/mol. The Morgan fingerprint density at radius 2 is 1.70 bits per heavy atom. The Kier molecular flexibility index (Phi) is 3.06. The van der Waals surface area contributed by atoms with Gasteiger partial charge in [0.2, 0.25) is 0 Å². The summed E-state index contributed by atoms with van der Waals surface area (Å²) >= 11 is 0. The maximum absolute atomic E-state index is 12.2. The van der Waals surface area contributed by atoms with Gasteiger partial charge in [-0.2, -0.15) is 0 Å². The Balaban J connectivity index is 1.93. The van der Waals surface area contributed by atoms with Gasteiger partial charge in [-0.25, -0.2) is 4.79 Å². The van der Waals surface area contributed by atoms with E-state index in [0.717, 1.165) is 17.8 Å². The normalized spacial score (nSPS) is 14.5. The van der Waals surface area contributed by atoms with Crippen molar-refractivity contribution in [2.75, 3.05) is 0 Å². The summed E-state index contributed by atoms with van der Waals surface area (Å²) in [5.74, 6) is 0. The molecule has 2 aromatic rings. The van der Waals surface area contributed by atoms with E-state index >= 15 is 0 Å². The molecule has 0 atom stereocenters. The lowest BCUT2D eigenvalue weighted by molar-refractivity contribution is 0.272. The fourth-order valence-corrected chi connectivity index (χ4v) is 2.76. The van der Waals surface area contributed by atoms with Crippen LogP contribution in [0.4, 0.5) is 0 Å². The summed E-state index contributed by atoms with van der Waals surface area (Å²) in [6.07, 6.45) is 0. The summed E-state index contributed by atoms with van der Waals surface area (Å²) in [5.41, 5.74) is 2.37. The summed E-state index contributed by atoms with van der Waals surface area (Å²) in [4.78, 5) is 26.3. The van der Waals surface area contributed by atoms with Gasteiger partial charge in [-0.1, -0.05) is 30.3 Å². The van der Waals surface area contributed by atoms with Crippen LogP contribution in [0.1, 0.15) is 16.8 Å². The van der Waals surface area contributed by atoms with E-state index < -0.39 is 0 Å². The van der Waals surface area contributed by atoms with Crippen LogP contribution in [0.25, 0.3) is 0 Å². The van der Waals surface area contributed by atoms with Crippen molar-refractivity contribution in [3.63, 3.8) is 0 Å². The molecule has 0 saturated carbocycles. The van der Waals surface area contributed by atoms with Gasteiger partial charge in [0.1, 0.15) is 0 Å². The zero-order chi connectivity index (χ0) is 14.3. The van der Waals surface area contributed by atoms with Gasteiger partial charge in [0.05, 0.1) is 5.56 Å². The number of benzene rings is 1. The minimum atomic E-state index is -0.254. The van der Waals surface area contributed by atoms with Crippen molar-refractivity contribution in [1.29, 1.82) is 0 Å². The molecule has 1 aliphatic heterocycles. The number of hydrogen-bond donors (Lipinski definition) is 0. The first-order chi connectivity index (χ1) is 9.58. The summed E-state index contributed by atoms with van der Waals surface area (Å²) in [5, 5.41) is 0. The lowest BCUT2D eigenvalue weighted by Crippen LogP contribution is -2.39. The van der Waals surface area contributed by atoms with Crippen LogP contribution >= 0.6 is 0 Å². The van der Waals surface area contributed by atoms with Crippen LogP contribution in [0.2, 0.25) is 0 Å². The average molecular weight is 271 g/mol. The molecule has 1 aliphatic rings. The molecule has 2 heterocycles. The van der Waals surface area contributed by atoms with Crippen molar-refractivity contribution in [2.24, 2.45) is 14.1 Å². The van der Waals surface area contributed by atoms with Crippen molar-refractivity contribution in [3.05, 3.63) is 68.0 Å². The molecule has 0 spiro atoms. The molecule has 0 aliphatic carbocycles. The molecule has 0 N–H and O–H groups in total. The molecule has 1 aromatic carbocycles. The first kappa shape index (κ1) is 12.9. The fraction of sp³-hybridized carbons (Fsp3) is 0.333. The number of nitrogens with zero attached hydrogens (tertiary/aromatic N) is 3. The molecule has 3 rings (SSSR count). The van der Waals surface area contributed by atoms with E-state index in [1.54, 1.807) is 11.6 Å². The van der Waals surface area contributed by atoms with Gasteiger partial charge in [0, 0.05) is 39.4 Å². The number of hydrogen-bond acceptors (Lipinski definition) is 3. The summed E-state index contributed by atoms with van der Waals surface area (Å²) < 4.78 is 2.77. The third-order valence-electron chi connectivity index (χ3n) is 3.89. The molecule has 0 amide bonds. The van der Waals surface area contributed by atoms with E-state index in [2.05, 4.69) is 17.0 Å². The van der Waals surface area contributed by atoms with Crippen molar-refractivity contribution >= 4 is 0 Å². The molecule has 0 fully saturated rings. The fourth-order valence-electron chi connectivity index (χ4n) is 2.76. The molecule has 104 valence electrons. The quantitative estimate of drug-likeness (QED) is 0.803. The summed E-state index contributed by atoms with van der Waals surface area (Å²) in [7, 11) is 3.26. The predicted molar refractivity (Wildman–Crippen MR) is 76.3 cm³/mol. The lowest BCUT2D eigenvalue weighted by Gasteiger charge is -2.14. The van der Waals surface area contributed by atoms with Crippen LogP contribution in [0.3, 0.4) is 0 Å². The van der Waals surface area contributed by atoms with Crippen molar-refractivity contribution in [2.45, 2.75) is 19.6 Å². The molecule has 0 radical (unpaired) electrons. The van der Waals surface area contributed by atoms with Crippen molar-refractivity contribution in [3.8, 4) is 0 Å². The lowest BCUT2D eigenvalue weighted by atomic mass is 10.2. The summed E-state index contributed by atoms with van der Waals surface area (Å²) in [6.45, 7) is 2.03. The topological polar surface area (TPSA) is 47.2 Å². The number of aromatic nitrogens is 2. The van der Waals surface area contributed by atoms with Gasteiger partial charge in [-0.05, 0) is 5.56 Å². The van der Waals surface area contributed by atoms with E-state index in [1.807, 2.05) is 18.2 Å². The maximum atomic E-state index is 12.2. The van der Waals surface area contributed by atoms with Gasteiger partial charge < -0.3 is 0 Å². The van der Waals surface area contributed by atoms with E-state index in [1.165, 1.54) is 17.2 Å². The third-order valence-corrected chi connectivity index (χ3v) is 3.89. The first-order valence-electron chi connectivity index (χ1n) is 6.62. The Labute approximate surface area is 116 Å². The highest BCUT2D eigenvalue weighted by Crippen LogP contribution is 2.20. The molecule has 5 heteroatoms. The van der Waals surface area contributed by atoms with E-state index in [9.17, 15) is 9.59 Å². The second kappa shape index (κ2) is 4.76. The van der Waals surface area contributed by atoms with E-state index in [-0.39, 0.29) is 11.2 Å². The van der Waals surface area contributed by atoms with E-state index in [4.69, 9.17) is 0 Å². The molecular formula is C15H17N3O2. The molecular weight excluding hydrogens is 254 g/mol. The standard InChI is InChI=1S/C15H17N3O2/c1-16-13-10-18(8-11-6-4-3-5-7-11)9-12(13)14(19)17(2)15(16)20/h3-7H,8-10H2,1-2H3. The molecule has 1 aromatic heterocycles. The van der Waals surface area contributed by atoms with Crippen LogP contribution < -0.4 is 11.2 Å². The van der Waals surface area contributed by atoms with Gasteiger partial charge >= 0.3 is 5.69 Å². The molecule has 0 unspecified atom stereocenters. The number of rotatable bonds is 2. The second-order valence-electron chi connectivity index (χ2n) is 5.26. The Morgan fingerprint density at radius 1 is 1.00 bits per heavy atom. The maximum Gasteiger partial charge on any atom is 0.330 e. The minimum absolute atomic E-state index is 0.168. The van der Waals surface area contributed by atoms with Gasteiger partial charge in [0.25, 0.3) is 5.56 Å². The molecule has 0 saturated heterocycles. The van der Waals surface area contributed by atoms with Crippen LogP contribution in [0.15, 0.2) is 39.9 Å². The van der Waals surface area contributed by atoms with Crippen LogP contribution in [-0.4, -0.2) is 14.0 Å². The highest BCUT2D eigenvalue weighted by atomic mass is 16.2. The highest BCUT2D eigenvalue weighted by molar-refractivity contribution is 5.23. The van der Waals surface area contributed by atoms with Crippen LogP contribution in [-0.2, 0) is 33.7 Å². The summed E-state index contributed by atoms with van der Waals surface area (Å²) in [6, 6.07) is 10.1. The Hall–Kier alpha value is -2.14. The smallest absolute Gasteiger partial charge is 0.299 e. The molecule has 0 bridgehead atoms. The Bertz CT molecular complexity index is 759. The van der Waals surface area contributed by atoms with Crippen molar-refractivity contribution in [1.82, 2.24) is 14.0 Å². The van der Waals surface area contributed by atoms with Crippen LogP contribution in [0, 0.1) is 0 Å². The first-order valence-corrected chi connectivity index (χ1v) is 6.62. The highest BCUT2D eigenvalue weighted by Gasteiger charge is 2.25. The largest absolute Gasteiger partial charge is 0.330 e. The average Bonchev–Trinajstić information content (AvgIpc) is 2.88. The Morgan fingerprint density at radius 3 is 2.40 bits per heavy atom. The third kappa shape index (κ3) is 2.00. The zero-order valence-electron chi connectivity index (χ0n) is 11.7. The van der Waals surface area contributed by atoms with Gasteiger partial charge in [-0.15, -0.1) is 0 Å². The molecule has 20 heavy (non-hydrogen) atoms. The predicted octanol–water partition coefficient (Wildman–Crippen LogP) is 0.600. The van der Waals surface area contributed by atoms with E-state index in [0.29, 0.717) is 13.1 Å².